The molecular formula is C14H12ClFN2O. The number of amidine groups is 1. The lowest BCUT2D eigenvalue weighted by atomic mass is 10.2. The number of nitrogen functional groups attached to an aromatic ring is 1. The zero-order valence-corrected chi connectivity index (χ0v) is 10.7. The van der Waals surface area contributed by atoms with Crippen LogP contribution >= 0.6 is 11.6 Å². The van der Waals surface area contributed by atoms with E-state index in [1.807, 2.05) is 0 Å². The van der Waals surface area contributed by atoms with E-state index >= 15 is 0 Å². The van der Waals surface area contributed by atoms with Gasteiger partial charge in [0.25, 0.3) is 0 Å². The molecule has 0 unspecified atom stereocenters. The van der Waals surface area contributed by atoms with Crippen molar-refractivity contribution in [2.24, 2.45) is 5.73 Å². The molecule has 0 heterocycles. The van der Waals surface area contributed by atoms with Crippen molar-refractivity contribution in [1.82, 2.24) is 0 Å². The Balaban J connectivity index is 2.12. The van der Waals surface area contributed by atoms with Crippen LogP contribution < -0.4 is 10.5 Å². The summed E-state index contributed by atoms with van der Waals surface area (Å²) in [4.78, 5) is 0. The van der Waals surface area contributed by atoms with Gasteiger partial charge in [-0.25, -0.2) is 4.39 Å². The molecule has 0 aliphatic carbocycles. The van der Waals surface area contributed by atoms with E-state index in [0.29, 0.717) is 21.9 Å². The van der Waals surface area contributed by atoms with E-state index in [-0.39, 0.29) is 18.3 Å². The van der Waals surface area contributed by atoms with Gasteiger partial charge in [0.1, 0.15) is 24.0 Å². The fraction of sp³-hybridized carbons (Fsp3) is 0.0714. The monoisotopic (exact) mass is 278 g/mol. The number of halogens is 2. The number of rotatable bonds is 4. The molecule has 98 valence electrons. The highest BCUT2D eigenvalue weighted by molar-refractivity contribution is 6.32. The minimum atomic E-state index is -0.320. The maximum Gasteiger partial charge on any atom is 0.138 e. The van der Waals surface area contributed by atoms with Crippen LogP contribution in [-0.4, -0.2) is 5.84 Å². The SMILES string of the molecule is N=C(N)c1ccc(OCc2ccccc2F)c(Cl)c1. The Kier molecular flexibility index (Phi) is 4.02. The largest absolute Gasteiger partial charge is 0.487 e. The summed E-state index contributed by atoms with van der Waals surface area (Å²) in [6.45, 7) is 0.0891. The smallest absolute Gasteiger partial charge is 0.138 e. The second-order valence-corrected chi connectivity index (χ2v) is 4.35. The second-order valence-electron chi connectivity index (χ2n) is 3.94. The predicted octanol–water partition coefficient (Wildman–Crippen LogP) is 3.34. The number of hydrogen-bond donors (Lipinski definition) is 2. The highest BCUT2D eigenvalue weighted by atomic mass is 35.5. The van der Waals surface area contributed by atoms with Crippen LogP contribution in [0.4, 0.5) is 4.39 Å². The summed E-state index contributed by atoms with van der Waals surface area (Å²) in [6, 6.07) is 11.2. The third-order valence-corrected chi connectivity index (χ3v) is 2.88. The topological polar surface area (TPSA) is 59.1 Å². The van der Waals surface area contributed by atoms with Crippen LogP contribution in [0.5, 0.6) is 5.75 Å². The third kappa shape index (κ3) is 3.23. The van der Waals surface area contributed by atoms with E-state index in [2.05, 4.69) is 0 Å². The predicted molar refractivity (Wildman–Crippen MR) is 73.2 cm³/mol. The van der Waals surface area contributed by atoms with Crippen molar-refractivity contribution in [3.8, 4) is 5.75 Å². The summed E-state index contributed by atoms with van der Waals surface area (Å²) in [5, 5.41) is 7.63. The molecule has 2 rings (SSSR count). The highest BCUT2D eigenvalue weighted by Crippen LogP contribution is 2.26. The van der Waals surface area contributed by atoms with Crippen LogP contribution in [0.15, 0.2) is 42.5 Å². The lowest BCUT2D eigenvalue weighted by molar-refractivity contribution is 0.300. The van der Waals surface area contributed by atoms with Gasteiger partial charge in [-0.2, -0.15) is 0 Å². The van der Waals surface area contributed by atoms with Gasteiger partial charge < -0.3 is 10.5 Å². The number of nitrogens with one attached hydrogen (secondary N) is 1. The van der Waals surface area contributed by atoms with Crippen LogP contribution in [0.3, 0.4) is 0 Å². The van der Waals surface area contributed by atoms with Crippen molar-refractivity contribution in [1.29, 1.82) is 5.41 Å². The van der Waals surface area contributed by atoms with Gasteiger partial charge in [0.2, 0.25) is 0 Å². The molecule has 0 bridgehead atoms. The number of benzene rings is 2. The molecule has 0 fully saturated rings. The number of ether oxygens (including phenoxy) is 1. The maximum atomic E-state index is 13.4. The molecule has 3 nitrogen and oxygen atoms in total. The van der Waals surface area contributed by atoms with Crippen molar-refractivity contribution in [3.63, 3.8) is 0 Å². The normalized spacial score (nSPS) is 10.2. The van der Waals surface area contributed by atoms with E-state index in [9.17, 15) is 4.39 Å². The first-order valence-electron chi connectivity index (χ1n) is 5.58. The van der Waals surface area contributed by atoms with Gasteiger partial charge in [-0.05, 0) is 24.3 Å². The summed E-state index contributed by atoms with van der Waals surface area (Å²) in [7, 11) is 0. The summed E-state index contributed by atoms with van der Waals surface area (Å²) in [5.41, 5.74) is 6.32. The Morgan fingerprint density at radius 1 is 1.26 bits per heavy atom. The molecule has 0 saturated carbocycles. The first-order valence-corrected chi connectivity index (χ1v) is 5.96. The van der Waals surface area contributed by atoms with Crippen LogP contribution in [-0.2, 0) is 6.61 Å². The van der Waals surface area contributed by atoms with Crippen molar-refractivity contribution in [3.05, 3.63) is 64.4 Å². The molecule has 5 heteroatoms. The molecule has 0 spiro atoms. The average molecular weight is 279 g/mol. The Hall–Kier alpha value is -2.07. The summed E-state index contributed by atoms with van der Waals surface area (Å²) < 4.78 is 18.9. The van der Waals surface area contributed by atoms with E-state index in [1.165, 1.54) is 6.07 Å². The van der Waals surface area contributed by atoms with E-state index in [4.69, 9.17) is 27.5 Å². The van der Waals surface area contributed by atoms with Crippen molar-refractivity contribution in [2.45, 2.75) is 6.61 Å². The van der Waals surface area contributed by atoms with E-state index in [1.54, 1.807) is 36.4 Å². The molecule has 0 amide bonds. The zero-order valence-electron chi connectivity index (χ0n) is 9.99. The van der Waals surface area contributed by atoms with Gasteiger partial charge in [-0.3, -0.25) is 5.41 Å². The van der Waals surface area contributed by atoms with Crippen LogP contribution in [0.25, 0.3) is 0 Å². The molecule has 0 aliphatic rings. The molecule has 0 radical (unpaired) electrons. The summed E-state index contributed by atoms with van der Waals surface area (Å²) >= 11 is 6.01. The molecule has 0 atom stereocenters. The van der Waals surface area contributed by atoms with Gasteiger partial charge in [0.05, 0.1) is 5.02 Å². The van der Waals surface area contributed by atoms with Crippen molar-refractivity contribution >= 4 is 17.4 Å². The van der Waals surface area contributed by atoms with Gasteiger partial charge in [-0.15, -0.1) is 0 Å². The molecule has 2 aromatic rings. The number of hydrogen-bond acceptors (Lipinski definition) is 2. The van der Waals surface area contributed by atoms with Gasteiger partial charge in [0.15, 0.2) is 0 Å². The minimum absolute atomic E-state index is 0.0671. The fourth-order valence-electron chi connectivity index (χ4n) is 1.56. The first-order chi connectivity index (χ1) is 9.08. The van der Waals surface area contributed by atoms with Gasteiger partial charge in [0, 0.05) is 11.1 Å². The molecule has 2 aromatic carbocycles. The lowest BCUT2D eigenvalue weighted by Crippen LogP contribution is -2.10. The maximum absolute atomic E-state index is 13.4. The third-order valence-electron chi connectivity index (χ3n) is 2.58. The second kappa shape index (κ2) is 5.71. The first kappa shape index (κ1) is 13.4. The molecule has 19 heavy (non-hydrogen) atoms. The zero-order chi connectivity index (χ0) is 13.8. The molecule has 0 aromatic heterocycles. The standard InChI is InChI=1S/C14H12ClFN2O/c15-11-7-9(14(17)18)5-6-13(11)19-8-10-3-1-2-4-12(10)16/h1-7H,8H2,(H3,17,18). The lowest BCUT2D eigenvalue weighted by Gasteiger charge is -2.09. The average Bonchev–Trinajstić information content (AvgIpc) is 2.39. The van der Waals surface area contributed by atoms with Crippen LogP contribution in [0.1, 0.15) is 11.1 Å². The van der Waals surface area contributed by atoms with Crippen LogP contribution in [0.2, 0.25) is 5.02 Å². The van der Waals surface area contributed by atoms with Gasteiger partial charge >= 0.3 is 0 Å². The van der Waals surface area contributed by atoms with E-state index in [0.717, 1.165) is 0 Å². The number of nitrogens with two attached hydrogens (primary N) is 1. The summed E-state index contributed by atoms with van der Waals surface area (Å²) in [6.07, 6.45) is 0. The molecule has 0 aliphatic heterocycles. The molecule has 3 N–H and O–H groups in total. The van der Waals surface area contributed by atoms with Crippen molar-refractivity contribution < 1.29 is 9.13 Å². The Bertz CT molecular complexity index is 616. The fourth-order valence-corrected chi connectivity index (χ4v) is 1.79. The Morgan fingerprint density at radius 3 is 2.63 bits per heavy atom. The molecular weight excluding hydrogens is 267 g/mol. The van der Waals surface area contributed by atoms with E-state index < -0.39 is 0 Å². The minimum Gasteiger partial charge on any atom is -0.487 e. The summed E-state index contributed by atoms with van der Waals surface area (Å²) in [5.74, 6) is 0.0384. The van der Waals surface area contributed by atoms with Crippen molar-refractivity contribution in [2.75, 3.05) is 0 Å². The Labute approximate surface area is 115 Å². The quantitative estimate of drug-likeness (QED) is 0.666. The Morgan fingerprint density at radius 2 is 2.00 bits per heavy atom. The molecule has 0 saturated heterocycles. The van der Waals surface area contributed by atoms with Crippen LogP contribution in [0, 0.1) is 11.2 Å². The van der Waals surface area contributed by atoms with Gasteiger partial charge in [-0.1, -0.05) is 29.8 Å². The highest BCUT2D eigenvalue weighted by Gasteiger charge is 2.07.